The maximum Gasteiger partial charge on any atom is 0.220 e. The number of hydrogen-bond acceptors (Lipinski definition) is 3. The third-order valence-corrected chi connectivity index (χ3v) is 4.72. The summed E-state index contributed by atoms with van der Waals surface area (Å²) >= 11 is 0. The Morgan fingerprint density at radius 2 is 2.23 bits per heavy atom. The predicted molar refractivity (Wildman–Crippen MR) is 86.5 cm³/mol. The Balaban J connectivity index is 1.57. The molecule has 2 aliphatic rings. The highest BCUT2D eigenvalue weighted by molar-refractivity contribution is 5.76. The van der Waals surface area contributed by atoms with Gasteiger partial charge in [-0.15, -0.1) is 0 Å². The van der Waals surface area contributed by atoms with Crippen molar-refractivity contribution in [3.05, 3.63) is 35.8 Å². The molecule has 2 heterocycles. The molecule has 0 unspecified atom stereocenters. The van der Waals surface area contributed by atoms with Gasteiger partial charge in [0.2, 0.25) is 5.91 Å². The molecule has 0 bridgehead atoms. The minimum atomic E-state index is 0.157. The summed E-state index contributed by atoms with van der Waals surface area (Å²) in [7, 11) is 0. The molecule has 4 heteroatoms. The fourth-order valence-electron chi connectivity index (χ4n) is 3.48. The molecule has 0 saturated carbocycles. The van der Waals surface area contributed by atoms with Crippen LogP contribution in [0.3, 0.4) is 0 Å². The Labute approximate surface area is 132 Å². The molecule has 0 aromatic carbocycles. The van der Waals surface area contributed by atoms with Crippen molar-refractivity contribution in [2.24, 2.45) is 5.92 Å². The Morgan fingerprint density at radius 1 is 1.41 bits per heavy atom. The standard InChI is InChI=1S/C18H26N2O2/c1-14-8-9-17(22-14)16(20-10-4-5-11-20)13-19-18(21)12-15-6-2-3-7-15/h2,6,8-9,15-16H,3-5,7,10-13H2,1H3,(H,19,21)/t15-,16+/m0/s1. The van der Waals surface area contributed by atoms with E-state index in [1.165, 1.54) is 12.8 Å². The van der Waals surface area contributed by atoms with E-state index in [0.29, 0.717) is 18.9 Å². The second-order valence-corrected chi connectivity index (χ2v) is 6.48. The van der Waals surface area contributed by atoms with Crippen LogP contribution >= 0.6 is 0 Å². The summed E-state index contributed by atoms with van der Waals surface area (Å²) in [5.41, 5.74) is 0. The van der Waals surface area contributed by atoms with Gasteiger partial charge >= 0.3 is 0 Å². The Hall–Kier alpha value is -1.55. The van der Waals surface area contributed by atoms with E-state index in [0.717, 1.165) is 37.5 Å². The van der Waals surface area contributed by atoms with Gasteiger partial charge in [-0.25, -0.2) is 0 Å². The average Bonchev–Trinajstić information content (AvgIpc) is 3.22. The first-order valence-electron chi connectivity index (χ1n) is 8.46. The van der Waals surface area contributed by atoms with Gasteiger partial charge in [-0.3, -0.25) is 9.69 Å². The van der Waals surface area contributed by atoms with Crippen LogP contribution in [-0.2, 0) is 4.79 Å². The summed E-state index contributed by atoms with van der Waals surface area (Å²) in [5, 5.41) is 3.12. The summed E-state index contributed by atoms with van der Waals surface area (Å²) in [5.74, 6) is 2.49. The number of carbonyl (C=O) groups excluding carboxylic acids is 1. The van der Waals surface area contributed by atoms with Crippen LogP contribution in [-0.4, -0.2) is 30.4 Å². The van der Waals surface area contributed by atoms with Crippen molar-refractivity contribution < 1.29 is 9.21 Å². The van der Waals surface area contributed by atoms with Crippen molar-refractivity contribution in [2.45, 2.75) is 45.1 Å². The fraction of sp³-hybridized carbons (Fsp3) is 0.611. The van der Waals surface area contributed by atoms with E-state index in [-0.39, 0.29) is 11.9 Å². The summed E-state index contributed by atoms with van der Waals surface area (Å²) < 4.78 is 5.82. The zero-order valence-electron chi connectivity index (χ0n) is 13.4. The SMILES string of the molecule is Cc1ccc([C@@H](CNC(=O)C[C@H]2C=CCC2)N2CCCC2)o1. The first-order chi connectivity index (χ1) is 10.7. The molecular formula is C18H26N2O2. The van der Waals surface area contributed by atoms with Crippen molar-refractivity contribution >= 4 is 5.91 Å². The second kappa shape index (κ2) is 7.14. The number of amides is 1. The van der Waals surface area contributed by atoms with Crippen LogP contribution in [0.5, 0.6) is 0 Å². The molecule has 120 valence electrons. The molecule has 1 saturated heterocycles. The Morgan fingerprint density at radius 3 is 2.86 bits per heavy atom. The summed E-state index contributed by atoms with van der Waals surface area (Å²) in [6.07, 6.45) is 9.65. The highest BCUT2D eigenvalue weighted by atomic mass is 16.3. The maximum atomic E-state index is 12.2. The topological polar surface area (TPSA) is 45.5 Å². The first-order valence-corrected chi connectivity index (χ1v) is 8.46. The largest absolute Gasteiger partial charge is 0.465 e. The molecule has 2 atom stereocenters. The molecule has 1 amide bonds. The van der Waals surface area contributed by atoms with Crippen molar-refractivity contribution in [1.29, 1.82) is 0 Å². The molecule has 1 aliphatic heterocycles. The van der Waals surface area contributed by atoms with Crippen LogP contribution in [0.2, 0.25) is 0 Å². The van der Waals surface area contributed by atoms with E-state index in [1.807, 2.05) is 19.1 Å². The molecular weight excluding hydrogens is 276 g/mol. The van der Waals surface area contributed by atoms with E-state index in [1.54, 1.807) is 0 Å². The molecule has 0 radical (unpaired) electrons. The van der Waals surface area contributed by atoms with Crippen LogP contribution in [0.4, 0.5) is 0 Å². The van der Waals surface area contributed by atoms with Crippen LogP contribution in [0.1, 0.15) is 49.7 Å². The van der Waals surface area contributed by atoms with Gasteiger partial charge in [-0.1, -0.05) is 12.2 Å². The van der Waals surface area contributed by atoms with Gasteiger partial charge in [0, 0.05) is 13.0 Å². The highest BCUT2D eigenvalue weighted by Crippen LogP contribution is 2.26. The van der Waals surface area contributed by atoms with E-state index in [4.69, 9.17) is 4.42 Å². The van der Waals surface area contributed by atoms with Crippen molar-refractivity contribution in [3.8, 4) is 0 Å². The van der Waals surface area contributed by atoms with Gasteiger partial charge in [0.15, 0.2) is 0 Å². The average molecular weight is 302 g/mol. The zero-order valence-corrected chi connectivity index (χ0v) is 13.4. The number of aryl methyl sites for hydroxylation is 1. The molecule has 22 heavy (non-hydrogen) atoms. The van der Waals surface area contributed by atoms with Gasteiger partial charge < -0.3 is 9.73 Å². The summed E-state index contributed by atoms with van der Waals surface area (Å²) in [4.78, 5) is 14.6. The molecule has 1 N–H and O–H groups in total. The summed E-state index contributed by atoms with van der Waals surface area (Å²) in [6.45, 7) is 4.79. The quantitative estimate of drug-likeness (QED) is 0.821. The monoisotopic (exact) mass is 302 g/mol. The molecule has 4 nitrogen and oxygen atoms in total. The minimum absolute atomic E-state index is 0.157. The normalized spacial score (nSPS) is 23.0. The van der Waals surface area contributed by atoms with Crippen LogP contribution in [0.15, 0.2) is 28.7 Å². The number of nitrogens with zero attached hydrogens (tertiary/aromatic N) is 1. The Kier molecular flexibility index (Phi) is 4.98. The lowest BCUT2D eigenvalue weighted by atomic mass is 10.0. The van der Waals surface area contributed by atoms with Crippen molar-refractivity contribution in [1.82, 2.24) is 10.2 Å². The lowest BCUT2D eigenvalue weighted by Crippen LogP contribution is -2.37. The van der Waals surface area contributed by atoms with Crippen molar-refractivity contribution in [3.63, 3.8) is 0 Å². The van der Waals surface area contributed by atoms with E-state index in [9.17, 15) is 4.79 Å². The molecule has 1 aromatic rings. The van der Waals surface area contributed by atoms with Gasteiger partial charge in [-0.2, -0.15) is 0 Å². The number of carbonyl (C=O) groups is 1. The predicted octanol–water partition coefficient (Wildman–Crippen LogP) is 3.20. The molecule has 1 aliphatic carbocycles. The van der Waals surface area contributed by atoms with E-state index in [2.05, 4.69) is 22.4 Å². The van der Waals surface area contributed by atoms with E-state index < -0.39 is 0 Å². The summed E-state index contributed by atoms with van der Waals surface area (Å²) in [6, 6.07) is 4.22. The molecule has 0 spiro atoms. The van der Waals surface area contributed by atoms with Crippen LogP contribution < -0.4 is 5.32 Å². The maximum absolute atomic E-state index is 12.2. The lowest BCUT2D eigenvalue weighted by molar-refractivity contribution is -0.122. The van der Waals surface area contributed by atoms with Gasteiger partial charge in [-0.05, 0) is 63.7 Å². The second-order valence-electron chi connectivity index (χ2n) is 6.48. The zero-order chi connectivity index (χ0) is 15.4. The van der Waals surface area contributed by atoms with Crippen LogP contribution in [0.25, 0.3) is 0 Å². The molecule has 1 fully saturated rings. The van der Waals surface area contributed by atoms with Gasteiger partial charge in [0.25, 0.3) is 0 Å². The Bertz CT molecular complexity index is 529. The van der Waals surface area contributed by atoms with Crippen molar-refractivity contribution in [2.75, 3.05) is 19.6 Å². The number of nitrogens with one attached hydrogen (secondary N) is 1. The third kappa shape index (κ3) is 3.80. The molecule has 1 aromatic heterocycles. The number of hydrogen-bond donors (Lipinski definition) is 1. The smallest absolute Gasteiger partial charge is 0.220 e. The fourth-order valence-corrected chi connectivity index (χ4v) is 3.48. The van der Waals surface area contributed by atoms with Crippen LogP contribution in [0, 0.1) is 12.8 Å². The van der Waals surface area contributed by atoms with Gasteiger partial charge in [0.05, 0.1) is 6.04 Å². The lowest BCUT2D eigenvalue weighted by Gasteiger charge is -2.26. The third-order valence-electron chi connectivity index (χ3n) is 4.72. The highest BCUT2D eigenvalue weighted by Gasteiger charge is 2.26. The molecule has 3 rings (SSSR count). The number of furan rings is 1. The number of allylic oxidation sites excluding steroid dienone is 2. The minimum Gasteiger partial charge on any atom is -0.465 e. The van der Waals surface area contributed by atoms with E-state index >= 15 is 0 Å². The number of rotatable bonds is 6. The first kappa shape index (κ1) is 15.3. The number of likely N-dealkylation sites (tertiary alicyclic amines) is 1. The van der Waals surface area contributed by atoms with Gasteiger partial charge in [0.1, 0.15) is 11.5 Å².